The van der Waals surface area contributed by atoms with Crippen LogP contribution in [0.25, 0.3) is 0 Å². The first-order valence-electron chi connectivity index (χ1n) is 5.07. The van der Waals surface area contributed by atoms with Gasteiger partial charge in [-0.3, -0.25) is 0 Å². The van der Waals surface area contributed by atoms with Crippen LogP contribution in [0.15, 0.2) is 16.3 Å². The molecule has 84 valence electrons. The molecule has 1 aliphatic rings. The largest absolute Gasteiger partial charge is 0.252 e. The molecule has 1 aromatic heterocycles. The number of nitrogens with zero attached hydrogens (tertiary/aromatic N) is 1. The van der Waals surface area contributed by atoms with Crippen molar-refractivity contribution in [3.05, 3.63) is 17.0 Å². The highest BCUT2D eigenvalue weighted by molar-refractivity contribution is 7.91. The molecule has 0 aromatic carbocycles. The van der Waals surface area contributed by atoms with Crippen LogP contribution < -0.4 is 0 Å². The van der Waals surface area contributed by atoms with Crippen molar-refractivity contribution in [3.63, 3.8) is 0 Å². The van der Waals surface area contributed by atoms with Gasteiger partial charge in [0.1, 0.15) is 4.21 Å². The van der Waals surface area contributed by atoms with Gasteiger partial charge in [-0.15, -0.1) is 11.3 Å². The molecule has 0 radical (unpaired) electrons. The Morgan fingerprint density at radius 3 is 2.67 bits per heavy atom. The fourth-order valence-corrected chi connectivity index (χ4v) is 4.80. The van der Waals surface area contributed by atoms with E-state index in [1.54, 1.807) is 10.4 Å². The van der Waals surface area contributed by atoms with E-state index >= 15 is 0 Å². The van der Waals surface area contributed by atoms with Gasteiger partial charge in [-0.1, -0.05) is 6.92 Å². The molecule has 2 rings (SSSR count). The molecule has 0 bridgehead atoms. The molecule has 1 atom stereocenters. The molecule has 0 saturated carbocycles. The lowest BCUT2D eigenvalue weighted by Crippen LogP contribution is -2.27. The minimum atomic E-state index is -3.20. The number of rotatable bonds is 2. The molecule has 2 heterocycles. The third-order valence-electron chi connectivity index (χ3n) is 2.70. The number of hydrogen-bond acceptors (Lipinski definition) is 3. The smallest absolute Gasteiger partial charge is 0.206 e. The molecule has 5 heteroatoms. The Bertz CT molecular complexity index is 450. The van der Waals surface area contributed by atoms with Crippen LogP contribution in [0.2, 0.25) is 0 Å². The van der Waals surface area contributed by atoms with Crippen LogP contribution in [0.3, 0.4) is 0 Å². The summed E-state index contributed by atoms with van der Waals surface area (Å²) in [6.07, 6.45) is 0.976. The normalized spacial score (nSPS) is 23.5. The molecule has 1 aromatic rings. The number of aryl methyl sites for hydroxylation is 1. The van der Waals surface area contributed by atoms with Crippen molar-refractivity contribution in [1.82, 2.24) is 4.31 Å². The Hall–Kier alpha value is -0.390. The van der Waals surface area contributed by atoms with Crippen LogP contribution in [0.5, 0.6) is 0 Å². The Morgan fingerprint density at radius 1 is 1.47 bits per heavy atom. The molecule has 1 saturated heterocycles. The fraction of sp³-hybridized carbons (Fsp3) is 0.600. The highest BCUT2D eigenvalue weighted by Crippen LogP contribution is 2.28. The minimum absolute atomic E-state index is 0.481. The highest BCUT2D eigenvalue weighted by Gasteiger charge is 2.31. The van der Waals surface area contributed by atoms with Gasteiger partial charge in [-0.2, -0.15) is 4.31 Å². The summed E-state index contributed by atoms with van der Waals surface area (Å²) in [6.45, 7) is 5.35. The van der Waals surface area contributed by atoms with Gasteiger partial charge >= 0.3 is 0 Å². The second kappa shape index (κ2) is 3.88. The maximum absolute atomic E-state index is 12.1. The SMILES string of the molecule is Cc1ccc(S(=O)(=O)N2CCC(C)C2)s1. The zero-order valence-electron chi connectivity index (χ0n) is 8.93. The van der Waals surface area contributed by atoms with E-state index in [2.05, 4.69) is 6.92 Å². The Morgan fingerprint density at radius 2 is 2.20 bits per heavy atom. The summed E-state index contributed by atoms with van der Waals surface area (Å²) in [6, 6.07) is 3.56. The number of hydrogen-bond donors (Lipinski definition) is 0. The Kier molecular flexibility index (Phi) is 2.87. The summed E-state index contributed by atoms with van der Waals surface area (Å²) < 4.78 is 26.3. The molecule has 1 fully saturated rings. The summed E-state index contributed by atoms with van der Waals surface area (Å²) in [5, 5.41) is 0. The molecule has 15 heavy (non-hydrogen) atoms. The van der Waals surface area contributed by atoms with Gasteiger partial charge in [0.2, 0.25) is 0 Å². The highest BCUT2D eigenvalue weighted by atomic mass is 32.2. The van der Waals surface area contributed by atoms with Crippen molar-refractivity contribution < 1.29 is 8.42 Å². The maximum atomic E-state index is 12.1. The second-order valence-corrected chi connectivity index (χ2v) is 7.57. The molecule has 0 spiro atoms. The molecule has 1 aliphatic heterocycles. The van der Waals surface area contributed by atoms with E-state index < -0.39 is 10.0 Å². The van der Waals surface area contributed by atoms with E-state index in [0.29, 0.717) is 23.2 Å². The van der Waals surface area contributed by atoms with Gasteiger partial charge in [0.15, 0.2) is 0 Å². The minimum Gasteiger partial charge on any atom is -0.206 e. The van der Waals surface area contributed by atoms with Gasteiger partial charge < -0.3 is 0 Å². The van der Waals surface area contributed by atoms with Gasteiger partial charge in [0.05, 0.1) is 0 Å². The molecular weight excluding hydrogens is 230 g/mol. The predicted molar refractivity (Wildman–Crippen MR) is 61.6 cm³/mol. The van der Waals surface area contributed by atoms with Crippen LogP contribution in [-0.4, -0.2) is 25.8 Å². The van der Waals surface area contributed by atoms with Gasteiger partial charge in [-0.05, 0) is 31.4 Å². The van der Waals surface area contributed by atoms with Crippen LogP contribution in [0.1, 0.15) is 18.2 Å². The molecule has 0 N–H and O–H groups in total. The lowest BCUT2D eigenvalue weighted by molar-refractivity contribution is 0.466. The summed E-state index contributed by atoms with van der Waals surface area (Å²) >= 11 is 1.35. The molecular formula is C10H15NO2S2. The van der Waals surface area contributed by atoms with E-state index in [0.717, 1.165) is 11.3 Å². The summed E-state index contributed by atoms with van der Waals surface area (Å²) in [4.78, 5) is 1.04. The molecule has 0 aliphatic carbocycles. The maximum Gasteiger partial charge on any atom is 0.252 e. The van der Waals surface area contributed by atoms with E-state index in [1.807, 2.05) is 13.0 Å². The van der Waals surface area contributed by atoms with E-state index in [9.17, 15) is 8.42 Å². The third-order valence-corrected chi connectivity index (χ3v) is 6.03. The van der Waals surface area contributed by atoms with Crippen molar-refractivity contribution in [2.75, 3.05) is 13.1 Å². The second-order valence-electron chi connectivity index (χ2n) is 4.12. The first-order valence-corrected chi connectivity index (χ1v) is 7.32. The van der Waals surface area contributed by atoms with Crippen molar-refractivity contribution in [2.45, 2.75) is 24.5 Å². The predicted octanol–water partition coefficient (Wildman–Crippen LogP) is 2.09. The van der Waals surface area contributed by atoms with Gasteiger partial charge in [0.25, 0.3) is 10.0 Å². The molecule has 0 amide bonds. The van der Waals surface area contributed by atoms with Crippen LogP contribution >= 0.6 is 11.3 Å². The van der Waals surface area contributed by atoms with E-state index in [-0.39, 0.29) is 0 Å². The van der Waals surface area contributed by atoms with Gasteiger partial charge in [-0.25, -0.2) is 8.42 Å². The summed E-state index contributed by atoms with van der Waals surface area (Å²) in [5.41, 5.74) is 0. The summed E-state index contributed by atoms with van der Waals surface area (Å²) in [7, 11) is -3.20. The topological polar surface area (TPSA) is 37.4 Å². The van der Waals surface area contributed by atoms with Gasteiger partial charge in [0, 0.05) is 18.0 Å². The zero-order valence-corrected chi connectivity index (χ0v) is 10.6. The average molecular weight is 245 g/mol. The zero-order chi connectivity index (χ0) is 11.1. The van der Waals surface area contributed by atoms with E-state index in [4.69, 9.17) is 0 Å². The fourth-order valence-electron chi connectivity index (χ4n) is 1.79. The van der Waals surface area contributed by atoms with Crippen molar-refractivity contribution in [1.29, 1.82) is 0 Å². The lowest BCUT2D eigenvalue weighted by atomic mass is 10.2. The lowest BCUT2D eigenvalue weighted by Gasteiger charge is -2.14. The quantitative estimate of drug-likeness (QED) is 0.800. The van der Waals surface area contributed by atoms with E-state index in [1.165, 1.54) is 11.3 Å². The van der Waals surface area contributed by atoms with Crippen molar-refractivity contribution in [2.24, 2.45) is 5.92 Å². The number of thiophene rings is 1. The van der Waals surface area contributed by atoms with Crippen LogP contribution in [0.4, 0.5) is 0 Å². The molecule has 3 nitrogen and oxygen atoms in total. The van der Waals surface area contributed by atoms with Crippen LogP contribution in [-0.2, 0) is 10.0 Å². The third kappa shape index (κ3) is 2.09. The van der Waals surface area contributed by atoms with Crippen LogP contribution in [0, 0.1) is 12.8 Å². The summed E-state index contributed by atoms with van der Waals surface area (Å²) in [5.74, 6) is 0.487. The Labute approximate surface area is 94.8 Å². The first kappa shape index (κ1) is 11.1. The number of sulfonamides is 1. The monoisotopic (exact) mass is 245 g/mol. The first-order chi connectivity index (χ1) is 7.00. The van der Waals surface area contributed by atoms with Crippen molar-refractivity contribution >= 4 is 21.4 Å². The van der Waals surface area contributed by atoms with Crippen molar-refractivity contribution in [3.8, 4) is 0 Å². The Balaban J connectivity index is 2.27. The molecule has 1 unspecified atom stereocenters. The standard InChI is InChI=1S/C10H15NO2S2/c1-8-5-6-11(7-8)15(12,13)10-4-3-9(2)14-10/h3-4,8H,5-7H2,1-2H3. The average Bonchev–Trinajstić information content (AvgIpc) is 2.74.